The van der Waals surface area contributed by atoms with E-state index in [1.807, 2.05) is 6.20 Å². The minimum absolute atomic E-state index is 0.0664. The maximum absolute atomic E-state index is 5.51. The zero-order valence-corrected chi connectivity index (χ0v) is 8.96. The summed E-state index contributed by atoms with van der Waals surface area (Å²) in [5, 5.41) is 4.37. The monoisotopic (exact) mass is 181 g/mol. The van der Waals surface area contributed by atoms with Gasteiger partial charge in [-0.05, 0) is 46.2 Å². The van der Waals surface area contributed by atoms with E-state index in [4.69, 9.17) is 5.73 Å². The molecule has 3 nitrogen and oxygen atoms in total. The van der Waals surface area contributed by atoms with E-state index in [0.717, 1.165) is 6.42 Å². The molecule has 0 fully saturated rings. The quantitative estimate of drug-likeness (QED) is 0.750. The molecule has 0 bridgehead atoms. The van der Waals surface area contributed by atoms with Crippen molar-refractivity contribution >= 4 is 0 Å². The van der Waals surface area contributed by atoms with Crippen LogP contribution in [0.15, 0.2) is 6.20 Å². The summed E-state index contributed by atoms with van der Waals surface area (Å²) >= 11 is 0. The third-order valence-electron chi connectivity index (χ3n) is 2.16. The molecule has 1 aromatic heterocycles. The van der Waals surface area contributed by atoms with Gasteiger partial charge in [-0.15, -0.1) is 0 Å². The molecule has 0 atom stereocenters. The second-order valence-electron chi connectivity index (χ2n) is 4.38. The fourth-order valence-corrected chi connectivity index (χ4v) is 1.52. The number of hydrogen-bond donors (Lipinski definition) is 1. The van der Waals surface area contributed by atoms with Crippen molar-refractivity contribution in [2.75, 3.05) is 6.54 Å². The standard InChI is InChI=1S/C10H19N3/c1-8-9(5-6-11)7-12-13(8)10(2,3)4/h7H,5-6,11H2,1-4H3. The van der Waals surface area contributed by atoms with E-state index in [9.17, 15) is 0 Å². The molecule has 1 rings (SSSR count). The summed E-state index contributed by atoms with van der Waals surface area (Å²) in [6.07, 6.45) is 2.84. The average molecular weight is 181 g/mol. The highest BCUT2D eigenvalue weighted by molar-refractivity contribution is 5.17. The minimum atomic E-state index is 0.0664. The molecule has 0 saturated carbocycles. The van der Waals surface area contributed by atoms with Crippen LogP contribution in [-0.2, 0) is 12.0 Å². The minimum Gasteiger partial charge on any atom is -0.330 e. The van der Waals surface area contributed by atoms with E-state index in [1.54, 1.807) is 0 Å². The van der Waals surface area contributed by atoms with Crippen LogP contribution in [0.4, 0.5) is 0 Å². The summed E-state index contributed by atoms with van der Waals surface area (Å²) in [5.41, 5.74) is 8.07. The Hall–Kier alpha value is -0.830. The lowest BCUT2D eigenvalue weighted by Gasteiger charge is -2.21. The van der Waals surface area contributed by atoms with Gasteiger partial charge < -0.3 is 5.73 Å². The normalized spacial score (nSPS) is 12.1. The van der Waals surface area contributed by atoms with Gasteiger partial charge in [0.15, 0.2) is 0 Å². The van der Waals surface area contributed by atoms with Gasteiger partial charge >= 0.3 is 0 Å². The Morgan fingerprint density at radius 2 is 2.08 bits per heavy atom. The Bertz CT molecular complexity index is 281. The maximum Gasteiger partial charge on any atom is 0.0546 e. The molecule has 0 saturated heterocycles. The van der Waals surface area contributed by atoms with Crippen molar-refractivity contribution in [1.82, 2.24) is 9.78 Å². The van der Waals surface area contributed by atoms with Gasteiger partial charge in [0.05, 0.1) is 11.7 Å². The first-order chi connectivity index (χ1) is 5.96. The lowest BCUT2D eigenvalue weighted by atomic mass is 10.1. The van der Waals surface area contributed by atoms with Crippen LogP contribution >= 0.6 is 0 Å². The molecule has 0 aromatic carbocycles. The Morgan fingerprint density at radius 3 is 2.46 bits per heavy atom. The lowest BCUT2D eigenvalue weighted by molar-refractivity contribution is 0.347. The molecule has 1 heterocycles. The lowest BCUT2D eigenvalue weighted by Crippen LogP contribution is -2.24. The average Bonchev–Trinajstić information content (AvgIpc) is 2.32. The molecule has 1 aromatic rings. The maximum atomic E-state index is 5.51. The summed E-state index contributed by atoms with van der Waals surface area (Å²) in [7, 11) is 0. The van der Waals surface area contributed by atoms with E-state index >= 15 is 0 Å². The molecule has 2 N–H and O–H groups in total. The highest BCUT2D eigenvalue weighted by Crippen LogP contribution is 2.18. The predicted molar refractivity (Wildman–Crippen MR) is 54.7 cm³/mol. The smallest absolute Gasteiger partial charge is 0.0546 e. The molecule has 0 radical (unpaired) electrons. The van der Waals surface area contributed by atoms with E-state index in [-0.39, 0.29) is 5.54 Å². The molecule has 3 heteroatoms. The number of hydrogen-bond acceptors (Lipinski definition) is 2. The molecule has 0 spiro atoms. The third kappa shape index (κ3) is 2.10. The Morgan fingerprint density at radius 1 is 1.46 bits per heavy atom. The first-order valence-electron chi connectivity index (χ1n) is 4.71. The Kier molecular flexibility index (Phi) is 2.76. The topological polar surface area (TPSA) is 43.8 Å². The van der Waals surface area contributed by atoms with Crippen LogP contribution in [0.25, 0.3) is 0 Å². The molecule has 74 valence electrons. The highest BCUT2D eigenvalue weighted by atomic mass is 15.3. The third-order valence-corrected chi connectivity index (χ3v) is 2.16. The number of rotatable bonds is 2. The van der Waals surface area contributed by atoms with Gasteiger partial charge in [0, 0.05) is 5.69 Å². The first-order valence-corrected chi connectivity index (χ1v) is 4.71. The van der Waals surface area contributed by atoms with Crippen LogP contribution in [0.2, 0.25) is 0 Å². The van der Waals surface area contributed by atoms with Gasteiger partial charge in [-0.3, -0.25) is 4.68 Å². The van der Waals surface area contributed by atoms with Crippen molar-refractivity contribution in [3.8, 4) is 0 Å². The van der Waals surface area contributed by atoms with Crippen molar-refractivity contribution in [2.24, 2.45) is 5.73 Å². The second-order valence-corrected chi connectivity index (χ2v) is 4.38. The van der Waals surface area contributed by atoms with Crippen molar-refractivity contribution in [2.45, 2.75) is 39.7 Å². The van der Waals surface area contributed by atoms with E-state index < -0.39 is 0 Å². The van der Waals surface area contributed by atoms with Crippen molar-refractivity contribution in [3.63, 3.8) is 0 Å². The predicted octanol–water partition coefficient (Wildman–Crippen LogP) is 1.45. The molecular weight excluding hydrogens is 162 g/mol. The first kappa shape index (κ1) is 10.3. The van der Waals surface area contributed by atoms with Gasteiger partial charge in [0.25, 0.3) is 0 Å². The van der Waals surface area contributed by atoms with Gasteiger partial charge in [-0.2, -0.15) is 5.10 Å². The van der Waals surface area contributed by atoms with Crippen molar-refractivity contribution < 1.29 is 0 Å². The molecule has 13 heavy (non-hydrogen) atoms. The van der Waals surface area contributed by atoms with Gasteiger partial charge in [0.1, 0.15) is 0 Å². The molecule has 0 aliphatic heterocycles. The van der Waals surface area contributed by atoms with Crippen molar-refractivity contribution in [1.29, 1.82) is 0 Å². The van der Waals surface area contributed by atoms with Crippen LogP contribution in [-0.4, -0.2) is 16.3 Å². The molecule has 0 unspecified atom stereocenters. The van der Waals surface area contributed by atoms with Crippen LogP contribution in [0.5, 0.6) is 0 Å². The summed E-state index contributed by atoms with van der Waals surface area (Å²) < 4.78 is 2.05. The largest absolute Gasteiger partial charge is 0.330 e. The fraction of sp³-hybridized carbons (Fsp3) is 0.700. The Labute approximate surface area is 79.9 Å². The second kappa shape index (κ2) is 3.50. The zero-order valence-electron chi connectivity index (χ0n) is 8.96. The van der Waals surface area contributed by atoms with Crippen molar-refractivity contribution in [3.05, 3.63) is 17.5 Å². The molecular formula is C10H19N3. The van der Waals surface area contributed by atoms with Gasteiger partial charge in [0.2, 0.25) is 0 Å². The Balaban J connectivity index is 2.99. The van der Waals surface area contributed by atoms with Crippen LogP contribution in [0.3, 0.4) is 0 Å². The summed E-state index contributed by atoms with van der Waals surface area (Å²) in [6, 6.07) is 0. The number of nitrogens with zero attached hydrogens (tertiary/aromatic N) is 2. The number of nitrogens with two attached hydrogens (primary N) is 1. The van der Waals surface area contributed by atoms with E-state index in [1.165, 1.54) is 11.3 Å². The summed E-state index contributed by atoms with van der Waals surface area (Å²) in [5.74, 6) is 0. The zero-order chi connectivity index (χ0) is 10.1. The summed E-state index contributed by atoms with van der Waals surface area (Å²) in [6.45, 7) is 9.25. The van der Waals surface area contributed by atoms with Gasteiger partial charge in [-0.1, -0.05) is 0 Å². The number of aromatic nitrogens is 2. The van der Waals surface area contributed by atoms with E-state index in [0.29, 0.717) is 6.54 Å². The SMILES string of the molecule is Cc1c(CCN)cnn1C(C)(C)C. The molecule has 0 aliphatic carbocycles. The molecule has 0 aliphatic rings. The van der Waals surface area contributed by atoms with Crippen LogP contribution in [0.1, 0.15) is 32.0 Å². The van der Waals surface area contributed by atoms with Crippen LogP contribution < -0.4 is 5.73 Å². The fourth-order valence-electron chi connectivity index (χ4n) is 1.52. The summed E-state index contributed by atoms with van der Waals surface area (Å²) in [4.78, 5) is 0. The van der Waals surface area contributed by atoms with E-state index in [2.05, 4.69) is 37.5 Å². The highest BCUT2D eigenvalue weighted by Gasteiger charge is 2.17. The molecule has 0 amide bonds. The van der Waals surface area contributed by atoms with Crippen LogP contribution in [0, 0.1) is 6.92 Å². The van der Waals surface area contributed by atoms with Gasteiger partial charge in [-0.25, -0.2) is 0 Å².